The molecule has 1 aromatic heterocycles. The zero-order chi connectivity index (χ0) is 18.8. The van der Waals surface area contributed by atoms with Crippen LogP contribution in [0.2, 0.25) is 0 Å². The molecule has 132 valence electrons. The first-order valence-corrected chi connectivity index (χ1v) is 7.42. The van der Waals surface area contributed by atoms with Gasteiger partial charge in [-0.05, 0) is 25.1 Å². The zero-order valence-corrected chi connectivity index (χ0v) is 13.4. The number of nitrogens with one attached hydrogen (secondary N) is 1. The maximum atomic E-state index is 13.9. The fourth-order valence-corrected chi connectivity index (χ4v) is 2.42. The van der Waals surface area contributed by atoms with Gasteiger partial charge in [0.1, 0.15) is 11.5 Å². The van der Waals surface area contributed by atoms with Crippen molar-refractivity contribution in [1.82, 2.24) is 9.78 Å². The van der Waals surface area contributed by atoms with E-state index in [1.807, 2.05) is 0 Å². The molecule has 0 aliphatic heterocycles. The summed E-state index contributed by atoms with van der Waals surface area (Å²) in [6.07, 6.45) is 1.24. The number of nitro groups is 1. The van der Waals surface area contributed by atoms with Crippen LogP contribution in [0.3, 0.4) is 0 Å². The van der Waals surface area contributed by atoms with E-state index in [-0.39, 0.29) is 22.6 Å². The fraction of sp³-hybridized carbons (Fsp3) is 0.0588. The molecule has 1 N–H and O–H groups in total. The molecule has 7 nitrogen and oxygen atoms in total. The van der Waals surface area contributed by atoms with Crippen LogP contribution in [-0.4, -0.2) is 20.6 Å². The number of nitrogens with zero attached hydrogens (tertiary/aromatic N) is 3. The lowest BCUT2D eigenvalue weighted by Crippen LogP contribution is -2.13. The van der Waals surface area contributed by atoms with Crippen LogP contribution in [0.25, 0.3) is 5.69 Å². The number of carbonyl (C=O) groups is 1. The highest BCUT2D eigenvalue weighted by Gasteiger charge is 2.18. The molecular weight excluding hydrogens is 346 g/mol. The summed E-state index contributed by atoms with van der Waals surface area (Å²) in [5.41, 5.74) is 0.560. The predicted molar refractivity (Wildman–Crippen MR) is 89.3 cm³/mol. The van der Waals surface area contributed by atoms with Gasteiger partial charge in [0.2, 0.25) is 0 Å². The summed E-state index contributed by atoms with van der Waals surface area (Å²) in [5, 5.41) is 17.3. The number of aromatic nitrogens is 2. The Labute approximate surface area is 146 Å². The number of anilines is 1. The molecule has 0 aliphatic rings. The van der Waals surface area contributed by atoms with Crippen LogP contribution in [0.15, 0.2) is 48.7 Å². The Morgan fingerprint density at radius 2 is 2.00 bits per heavy atom. The zero-order valence-electron chi connectivity index (χ0n) is 13.4. The van der Waals surface area contributed by atoms with Gasteiger partial charge < -0.3 is 5.32 Å². The summed E-state index contributed by atoms with van der Waals surface area (Å²) < 4.78 is 28.2. The van der Waals surface area contributed by atoms with E-state index in [4.69, 9.17) is 0 Å². The number of nitro benzene ring substituents is 1. The van der Waals surface area contributed by atoms with Gasteiger partial charge in [-0.1, -0.05) is 6.07 Å². The van der Waals surface area contributed by atoms with E-state index in [9.17, 15) is 23.7 Å². The van der Waals surface area contributed by atoms with Gasteiger partial charge in [-0.25, -0.2) is 13.5 Å². The monoisotopic (exact) mass is 358 g/mol. The molecule has 1 amide bonds. The number of halogens is 2. The molecule has 0 bridgehead atoms. The van der Waals surface area contributed by atoms with Crippen molar-refractivity contribution in [3.63, 3.8) is 0 Å². The van der Waals surface area contributed by atoms with Crippen molar-refractivity contribution in [3.05, 3.63) is 81.7 Å². The van der Waals surface area contributed by atoms with E-state index < -0.39 is 22.5 Å². The molecule has 9 heteroatoms. The third kappa shape index (κ3) is 3.27. The second-order valence-electron chi connectivity index (χ2n) is 5.41. The molecule has 26 heavy (non-hydrogen) atoms. The molecule has 1 heterocycles. The molecule has 0 radical (unpaired) electrons. The molecule has 0 atom stereocenters. The van der Waals surface area contributed by atoms with Gasteiger partial charge in [0.25, 0.3) is 11.6 Å². The highest BCUT2D eigenvalue weighted by molar-refractivity contribution is 6.05. The van der Waals surface area contributed by atoms with E-state index >= 15 is 0 Å². The number of amides is 1. The van der Waals surface area contributed by atoms with Crippen LogP contribution in [0.5, 0.6) is 0 Å². The Hall–Kier alpha value is -3.62. The Balaban J connectivity index is 1.89. The van der Waals surface area contributed by atoms with Crippen LogP contribution in [-0.2, 0) is 0 Å². The third-order valence-corrected chi connectivity index (χ3v) is 3.71. The van der Waals surface area contributed by atoms with Crippen molar-refractivity contribution in [1.29, 1.82) is 0 Å². The van der Waals surface area contributed by atoms with E-state index in [1.165, 1.54) is 41.2 Å². The lowest BCUT2D eigenvalue weighted by atomic mass is 10.2. The second-order valence-corrected chi connectivity index (χ2v) is 5.41. The lowest BCUT2D eigenvalue weighted by Gasteiger charge is -2.07. The molecule has 2 aromatic carbocycles. The Morgan fingerprint density at radius 3 is 2.69 bits per heavy atom. The minimum absolute atomic E-state index is 0.00158. The van der Waals surface area contributed by atoms with Gasteiger partial charge in [0.15, 0.2) is 5.82 Å². The van der Waals surface area contributed by atoms with Crippen LogP contribution in [0, 0.1) is 28.7 Å². The average molecular weight is 358 g/mol. The lowest BCUT2D eigenvalue weighted by molar-refractivity contribution is -0.384. The van der Waals surface area contributed by atoms with Crippen LogP contribution < -0.4 is 5.32 Å². The van der Waals surface area contributed by atoms with Gasteiger partial charge >= 0.3 is 0 Å². The van der Waals surface area contributed by atoms with Crippen molar-refractivity contribution in [2.24, 2.45) is 0 Å². The maximum absolute atomic E-state index is 13.9. The molecule has 0 fully saturated rings. The maximum Gasteiger partial charge on any atom is 0.271 e. The number of non-ortho nitro benzene ring substituents is 1. The number of benzene rings is 2. The topological polar surface area (TPSA) is 90.1 Å². The predicted octanol–water partition coefficient (Wildman–Crippen LogP) is 3.62. The van der Waals surface area contributed by atoms with Crippen LogP contribution in [0.1, 0.15) is 16.1 Å². The molecule has 0 aliphatic carbocycles. The van der Waals surface area contributed by atoms with Gasteiger partial charge in [0.05, 0.1) is 22.4 Å². The average Bonchev–Trinajstić information content (AvgIpc) is 2.96. The first-order chi connectivity index (χ1) is 12.4. The highest BCUT2D eigenvalue weighted by atomic mass is 19.1. The number of hydrogen-bond donors (Lipinski definition) is 1. The molecular formula is C17H12F2N4O3. The summed E-state index contributed by atoms with van der Waals surface area (Å²) in [7, 11) is 0. The van der Waals surface area contributed by atoms with Gasteiger partial charge in [-0.3, -0.25) is 14.9 Å². The van der Waals surface area contributed by atoms with Crippen LogP contribution >= 0.6 is 0 Å². The SMILES string of the molecule is Cc1c(C(=O)Nc2cccc([N+](=O)[O-])c2)cnn1-c1ccc(F)cc1F. The van der Waals surface area contributed by atoms with Gasteiger partial charge in [0, 0.05) is 23.9 Å². The summed E-state index contributed by atoms with van der Waals surface area (Å²) in [5.74, 6) is -2.10. The first-order valence-electron chi connectivity index (χ1n) is 7.42. The quantitative estimate of drug-likeness (QED) is 0.570. The Kier molecular flexibility index (Phi) is 4.44. The first kappa shape index (κ1) is 17.2. The van der Waals surface area contributed by atoms with E-state index in [1.54, 1.807) is 6.92 Å². The number of rotatable bonds is 4. The largest absolute Gasteiger partial charge is 0.322 e. The van der Waals surface area contributed by atoms with Crippen molar-refractivity contribution >= 4 is 17.3 Å². The van der Waals surface area contributed by atoms with Gasteiger partial charge in [-0.15, -0.1) is 0 Å². The van der Waals surface area contributed by atoms with Crippen LogP contribution in [0.4, 0.5) is 20.2 Å². The number of hydrogen-bond acceptors (Lipinski definition) is 4. The number of carbonyl (C=O) groups excluding carboxylic acids is 1. The smallest absolute Gasteiger partial charge is 0.271 e. The van der Waals surface area contributed by atoms with Crippen molar-refractivity contribution < 1.29 is 18.5 Å². The minimum Gasteiger partial charge on any atom is -0.322 e. The summed E-state index contributed by atoms with van der Waals surface area (Å²) in [6, 6.07) is 8.49. The van der Waals surface area contributed by atoms with E-state index in [2.05, 4.69) is 10.4 Å². The van der Waals surface area contributed by atoms with E-state index in [0.29, 0.717) is 5.69 Å². The van der Waals surface area contributed by atoms with Crippen molar-refractivity contribution in [3.8, 4) is 5.69 Å². The Morgan fingerprint density at radius 1 is 1.23 bits per heavy atom. The third-order valence-electron chi connectivity index (χ3n) is 3.71. The highest BCUT2D eigenvalue weighted by Crippen LogP contribution is 2.21. The molecule has 3 rings (SSSR count). The van der Waals surface area contributed by atoms with Crippen molar-refractivity contribution in [2.75, 3.05) is 5.32 Å². The molecule has 3 aromatic rings. The van der Waals surface area contributed by atoms with E-state index in [0.717, 1.165) is 12.1 Å². The van der Waals surface area contributed by atoms with Gasteiger partial charge in [-0.2, -0.15) is 5.10 Å². The molecule has 0 saturated heterocycles. The molecule has 0 saturated carbocycles. The standard InChI is InChI=1S/C17H12F2N4O3/c1-10-14(9-20-22(10)16-6-5-11(18)7-15(16)19)17(24)21-12-3-2-4-13(8-12)23(25)26/h2-9H,1H3,(H,21,24). The Bertz CT molecular complexity index is 1020. The van der Waals surface area contributed by atoms with Crippen molar-refractivity contribution in [2.45, 2.75) is 6.92 Å². The second kappa shape index (κ2) is 6.71. The summed E-state index contributed by atoms with van der Waals surface area (Å²) >= 11 is 0. The summed E-state index contributed by atoms with van der Waals surface area (Å²) in [6.45, 7) is 1.55. The molecule has 0 spiro atoms. The summed E-state index contributed by atoms with van der Waals surface area (Å²) in [4.78, 5) is 22.6. The fourth-order valence-electron chi connectivity index (χ4n) is 2.42. The normalized spacial score (nSPS) is 10.6. The molecule has 0 unspecified atom stereocenters. The minimum atomic E-state index is -0.818.